The molecule has 1 fully saturated rings. The quantitative estimate of drug-likeness (QED) is 0.645. The predicted molar refractivity (Wildman–Crippen MR) is 56.1 cm³/mol. The predicted octanol–water partition coefficient (Wildman–Crippen LogP) is -0.404. The van der Waals surface area contributed by atoms with E-state index in [0.29, 0.717) is 18.9 Å². The minimum Gasteiger partial charge on any atom is -0.496 e. The van der Waals surface area contributed by atoms with Crippen LogP contribution < -0.4 is 10.6 Å². The number of nitrogens with one attached hydrogen (secondary N) is 2. The van der Waals surface area contributed by atoms with Gasteiger partial charge >= 0.3 is 0 Å². The molecule has 0 aromatic carbocycles. The molecule has 0 radical (unpaired) electrons. The first kappa shape index (κ1) is 10.4. The fraction of sp³-hybridized carbons (Fsp3) is 0.556. The summed E-state index contributed by atoms with van der Waals surface area (Å²) in [6.07, 6.45) is 0.219. The second-order valence-electron chi connectivity index (χ2n) is 3.35. The summed E-state index contributed by atoms with van der Waals surface area (Å²) in [6.45, 7) is 1.17. The van der Waals surface area contributed by atoms with Gasteiger partial charge in [-0.1, -0.05) is 0 Å². The van der Waals surface area contributed by atoms with Crippen LogP contribution in [0.1, 0.15) is 6.42 Å². The second kappa shape index (κ2) is 4.57. The fourth-order valence-corrected chi connectivity index (χ4v) is 1.94. The summed E-state index contributed by atoms with van der Waals surface area (Å²) in [5.74, 6) is 1.33. The third-order valence-corrected chi connectivity index (χ3v) is 3.00. The topological polar surface area (TPSA) is 67.4 Å². The fourth-order valence-electron chi connectivity index (χ4n) is 1.31. The van der Waals surface area contributed by atoms with Crippen molar-refractivity contribution in [3.8, 4) is 0 Å². The van der Waals surface area contributed by atoms with Crippen molar-refractivity contribution >= 4 is 23.6 Å². The van der Waals surface area contributed by atoms with E-state index >= 15 is 0 Å². The average molecular weight is 228 g/mol. The van der Waals surface area contributed by atoms with E-state index in [4.69, 9.17) is 4.74 Å². The van der Waals surface area contributed by atoms with Gasteiger partial charge in [0.05, 0.1) is 13.0 Å². The van der Waals surface area contributed by atoms with E-state index in [2.05, 4.69) is 10.6 Å². The zero-order valence-electron chi connectivity index (χ0n) is 8.12. The van der Waals surface area contributed by atoms with E-state index in [9.17, 15) is 9.59 Å². The van der Waals surface area contributed by atoms with Crippen LogP contribution in [0.3, 0.4) is 0 Å². The molecule has 2 aliphatic rings. The maximum atomic E-state index is 11.4. The van der Waals surface area contributed by atoms with Gasteiger partial charge in [0.2, 0.25) is 11.8 Å². The van der Waals surface area contributed by atoms with Crippen molar-refractivity contribution in [2.75, 3.05) is 18.9 Å². The maximum Gasteiger partial charge on any atom is 0.244 e. The molecule has 2 amide bonds. The molecule has 2 N–H and O–H groups in total. The number of carbonyl (C=O) groups is 2. The Morgan fingerprint density at radius 3 is 3.13 bits per heavy atom. The maximum absolute atomic E-state index is 11.4. The van der Waals surface area contributed by atoms with Crippen LogP contribution in [0, 0.1) is 0 Å². The molecule has 1 atom stereocenters. The van der Waals surface area contributed by atoms with E-state index in [0.717, 1.165) is 5.75 Å². The van der Waals surface area contributed by atoms with E-state index in [1.165, 1.54) is 0 Å². The van der Waals surface area contributed by atoms with Crippen molar-refractivity contribution < 1.29 is 14.3 Å². The van der Waals surface area contributed by atoms with Crippen molar-refractivity contribution in [2.45, 2.75) is 12.5 Å². The van der Waals surface area contributed by atoms with Crippen LogP contribution in [0.4, 0.5) is 0 Å². The van der Waals surface area contributed by atoms with E-state index in [1.807, 2.05) is 5.41 Å². The molecule has 5 nitrogen and oxygen atoms in total. The van der Waals surface area contributed by atoms with Gasteiger partial charge in [-0.25, -0.2) is 0 Å². The van der Waals surface area contributed by atoms with Crippen LogP contribution in [0.2, 0.25) is 0 Å². The smallest absolute Gasteiger partial charge is 0.244 e. The van der Waals surface area contributed by atoms with Crippen molar-refractivity contribution in [2.24, 2.45) is 0 Å². The van der Waals surface area contributed by atoms with Crippen molar-refractivity contribution in [3.63, 3.8) is 0 Å². The number of amides is 2. The minimum atomic E-state index is -0.352. The Kier molecular flexibility index (Phi) is 3.15. The van der Waals surface area contributed by atoms with Crippen LogP contribution in [-0.2, 0) is 14.3 Å². The third-order valence-electron chi connectivity index (χ3n) is 2.17. The van der Waals surface area contributed by atoms with Crippen LogP contribution in [-0.4, -0.2) is 36.8 Å². The summed E-state index contributed by atoms with van der Waals surface area (Å²) in [6, 6.07) is -0.352. The molecule has 15 heavy (non-hydrogen) atoms. The highest BCUT2D eigenvalue weighted by Gasteiger charge is 2.29. The van der Waals surface area contributed by atoms with Crippen LogP contribution in [0.25, 0.3) is 0 Å². The van der Waals surface area contributed by atoms with Gasteiger partial charge in [0, 0.05) is 17.7 Å². The lowest BCUT2D eigenvalue weighted by atomic mass is 10.1. The van der Waals surface area contributed by atoms with E-state index < -0.39 is 0 Å². The highest BCUT2D eigenvalue weighted by molar-refractivity contribution is 8.02. The van der Waals surface area contributed by atoms with E-state index in [1.54, 1.807) is 11.8 Å². The van der Waals surface area contributed by atoms with Gasteiger partial charge in [0.25, 0.3) is 0 Å². The zero-order chi connectivity index (χ0) is 10.7. The first-order valence-electron chi connectivity index (χ1n) is 4.76. The van der Waals surface area contributed by atoms with Gasteiger partial charge < -0.3 is 15.4 Å². The Balaban J connectivity index is 1.76. The van der Waals surface area contributed by atoms with Crippen molar-refractivity contribution in [1.82, 2.24) is 10.6 Å². The monoisotopic (exact) mass is 228 g/mol. The standard InChI is InChI=1S/C9H12N2O3S/c12-8(11-7-4-10-9(7)13)3-6-5-15-2-1-14-6/h5,7H,1-4H2,(H,10,13)(H,11,12). The minimum absolute atomic E-state index is 0.115. The second-order valence-corrected chi connectivity index (χ2v) is 4.32. The Morgan fingerprint density at radius 1 is 1.73 bits per heavy atom. The largest absolute Gasteiger partial charge is 0.496 e. The number of hydrogen-bond donors (Lipinski definition) is 2. The molecule has 0 aromatic rings. The van der Waals surface area contributed by atoms with Gasteiger partial charge in [-0.15, -0.1) is 11.8 Å². The van der Waals surface area contributed by atoms with Gasteiger partial charge in [0.1, 0.15) is 11.8 Å². The Morgan fingerprint density at radius 2 is 2.60 bits per heavy atom. The molecule has 0 spiro atoms. The van der Waals surface area contributed by atoms with Crippen molar-refractivity contribution in [3.05, 3.63) is 11.2 Å². The number of hydrogen-bond acceptors (Lipinski definition) is 4. The highest BCUT2D eigenvalue weighted by atomic mass is 32.2. The SMILES string of the molecule is O=C(CC1=CSCCO1)NC1CNC1=O. The molecule has 2 rings (SSSR count). The Bertz CT molecular complexity index is 316. The summed E-state index contributed by atoms with van der Waals surface area (Å²) in [7, 11) is 0. The lowest BCUT2D eigenvalue weighted by molar-refractivity contribution is -0.133. The van der Waals surface area contributed by atoms with Gasteiger partial charge in [-0.3, -0.25) is 9.59 Å². The molecule has 0 saturated carbocycles. The molecule has 0 aromatic heterocycles. The summed E-state index contributed by atoms with van der Waals surface area (Å²) in [5, 5.41) is 7.05. The number of carbonyl (C=O) groups excluding carboxylic acids is 2. The molecule has 6 heteroatoms. The average Bonchev–Trinajstić information content (AvgIpc) is 2.25. The summed E-state index contributed by atoms with van der Waals surface area (Å²) < 4.78 is 5.29. The lowest BCUT2D eigenvalue weighted by Crippen LogP contribution is -2.61. The Labute approximate surface area is 91.6 Å². The molecule has 1 saturated heterocycles. The number of ether oxygens (including phenoxy) is 1. The van der Waals surface area contributed by atoms with Crippen LogP contribution in [0.15, 0.2) is 11.2 Å². The van der Waals surface area contributed by atoms with Gasteiger partial charge in [0.15, 0.2) is 0 Å². The van der Waals surface area contributed by atoms with E-state index in [-0.39, 0.29) is 24.3 Å². The van der Waals surface area contributed by atoms with Gasteiger partial charge in [-0.2, -0.15) is 0 Å². The molecule has 2 aliphatic heterocycles. The molecule has 0 bridgehead atoms. The third kappa shape index (κ3) is 2.65. The van der Waals surface area contributed by atoms with Gasteiger partial charge in [-0.05, 0) is 0 Å². The number of thioether (sulfide) groups is 1. The first-order chi connectivity index (χ1) is 7.25. The lowest BCUT2D eigenvalue weighted by Gasteiger charge is -2.26. The first-order valence-corrected chi connectivity index (χ1v) is 5.81. The number of β-lactam (4-membered cyclic amide) rings is 1. The summed E-state index contributed by atoms with van der Waals surface area (Å²) >= 11 is 1.64. The normalized spacial score (nSPS) is 24.4. The van der Waals surface area contributed by atoms with Crippen molar-refractivity contribution in [1.29, 1.82) is 0 Å². The number of rotatable bonds is 3. The molecule has 82 valence electrons. The molecule has 1 unspecified atom stereocenters. The van der Waals surface area contributed by atoms with Crippen LogP contribution >= 0.6 is 11.8 Å². The zero-order valence-corrected chi connectivity index (χ0v) is 8.93. The molecule has 2 heterocycles. The molecule has 0 aliphatic carbocycles. The molecular formula is C9H12N2O3S. The Hall–Kier alpha value is -1.17. The summed E-state index contributed by atoms with van der Waals surface area (Å²) in [5.41, 5.74) is 0. The highest BCUT2D eigenvalue weighted by Crippen LogP contribution is 2.17. The summed E-state index contributed by atoms with van der Waals surface area (Å²) in [4.78, 5) is 22.3. The molecular weight excluding hydrogens is 216 g/mol. The van der Waals surface area contributed by atoms with Crippen LogP contribution in [0.5, 0.6) is 0 Å².